The Balaban J connectivity index is 1.67. The Bertz CT molecular complexity index is 1180. The maximum atomic E-state index is 12.5. The van der Waals surface area contributed by atoms with Gasteiger partial charge in [-0.3, -0.25) is 14.8 Å². The van der Waals surface area contributed by atoms with Crippen LogP contribution in [0.25, 0.3) is 0 Å². The molecule has 30 heavy (non-hydrogen) atoms. The molecule has 0 saturated carbocycles. The lowest BCUT2D eigenvalue weighted by Gasteiger charge is -2.07. The van der Waals surface area contributed by atoms with Gasteiger partial charge in [0.2, 0.25) is 0 Å². The number of carbonyl (C=O) groups is 2. The van der Waals surface area contributed by atoms with Gasteiger partial charge in [0.1, 0.15) is 5.00 Å². The van der Waals surface area contributed by atoms with E-state index in [1.165, 1.54) is 19.1 Å². The maximum absolute atomic E-state index is 12.5. The second kappa shape index (κ2) is 8.64. The average molecular weight is 445 g/mol. The number of nitrogens with one attached hydrogen (secondary N) is 3. The largest absolute Gasteiger partial charge is 0.324 e. The predicted octanol–water partition coefficient (Wildman–Crippen LogP) is 4.41. The highest BCUT2D eigenvalue weighted by molar-refractivity contribution is 7.93. The Hall–Kier alpha value is -3.24. The number of sulfonamides is 1. The molecule has 3 N–H and O–H groups in total. The summed E-state index contributed by atoms with van der Waals surface area (Å²) >= 11 is 1.01. The normalized spacial score (nSPS) is 11.0. The van der Waals surface area contributed by atoms with Gasteiger partial charge in [0.15, 0.2) is 10.9 Å². The van der Waals surface area contributed by atoms with Crippen LogP contribution < -0.4 is 15.4 Å². The fourth-order valence-electron chi connectivity index (χ4n) is 2.50. The molecule has 0 unspecified atom stereocenters. The summed E-state index contributed by atoms with van der Waals surface area (Å²) in [5, 5.41) is 5.86. The van der Waals surface area contributed by atoms with Crippen LogP contribution in [0.3, 0.4) is 0 Å². The Morgan fingerprint density at radius 1 is 0.933 bits per heavy atom. The molecule has 0 aliphatic carbocycles. The van der Waals surface area contributed by atoms with E-state index in [9.17, 15) is 18.0 Å². The summed E-state index contributed by atoms with van der Waals surface area (Å²) in [5.74, 6) is -0.0631. The first-order valence-electron chi connectivity index (χ1n) is 8.90. The van der Waals surface area contributed by atoms with E-state index in [1.807, 2.05) is 6.92 Å². The minimum absolute atomic E-state index is 0.0631. The molecule has 0 fully saturated rings. The fourth-order valence-corrected chi connectivity index (χ4v) is 4.60. The molecule has 0 aliphatic rings. The minimum atomic E-state index is -3.78. The van der Waals surface area contributed by atoms with Gasteiger partial charge in [0.25, 0.3) is 10.0 Å². The number of hydrogen-bond donors (Lipinski definition) is 3. The van der Waals surface area contributed by atoms with Crippen LogP contribution >= 0.6 is 11.3 Å². The van der Waals surface area contributed by atoms with E-state index in [-0.39, 0.29) is 15.8 Å². The number of benzene rings is 2. The number of rotatable bonds is 6. The highest BCUT2D eigenvalue weighted by atomic mass is 32.2. The van der Waals surface area contributed by atoms with Gasteiger partial charge in [0.05, 0.1) is 10.6 Å². The molecule has 8 nitrogen and oxygen atoms in total. The van der Waals surface area contributed by atoms with E-state index in [4.69, 9.17) is 0 Å². The molecule has 3 rings (SSSR count). The Morgan fingerprint density at radius 3 is 2.17 bits per heavy atom. The summed E-state index contributed by atoms with van der Waals surface area (Å²) in [7, 11) is -3.78. The van der Waals surface area contributed by atoms with Crippen molar-refractivity contribution in [3.05, 3.63) is 65.4 Å². The van der Waals surface area contributed by atoms with E-state index in [1.54, 1.807) is 43.3 Å². The molecule has 10 heteroatoms. The van der Waals surface area contributed by atoms with E-state index < -0.39 is 16.1 Å². The third-order valence-electron chi connectivity index (χ3n) is 4.13. The highest BCUT2D eigenvalue weighted by Gasteiger charge is 2.18. The number of amides is 2. The molecule has 0 spiro atoms. The summed E-state index contributed by atoms with van der Waals surface area (Å²) in [4.78, 5) is 27.9. The SMILES string of the molecule is CC(=O)c1ccc(NC(=O)Nc2sc(NS(=O)(=O)c3ccc(C)cc3)nc2C)cc1. The van der Waals surface area contributed by atoms with Gasteiger partial charge in [-0.1, -0.05) is 29.0 Å². The van der Waals surface area contributed by atoms with Crippen molar-refractivity contribution in [2.75, 3.05) is 15.4 Å². The predicted molar refractivity (Wildman–Crippen MR) is 118 cm³/mol. The van der Waals surface area contributed by atoms with Gasteiger partial charge >= 0.3 is 6.03 Å². The van der Waals surface area contributed by atoms with Crippen LogP contribution in [0.5, 0.6) is 0 Å². The molecule has 156 valence electrons. The Morgan fingerprint density at radius 2 is 1.57 bits per heavy atom. The zero-order chi connectivity index (χ0) is 21.9. The lowest BCUT2D eigenvalue weighted by atomic mass is 10.1. The van der Waals surface area contributed by atoms with Crippen LogP contribution in [0.15, 0.2) is 53.4 Å². The van der Waals surface area contributed by atoms with Gasteiger partial charge in [-0.2, -0.15) is 0 Å². The van der Waals surface area contributed by atoms with Crippen molar-refractivity contribution < 1.29 is 18.0 Å². The van der Waals surface area contributed by atoms with Gasteiger partial charge in [-0.05, 0) is 57.2 Å². The molecule has 0 atom stereocenters. The topological polar surface area (TPSA) is 117 Å². The first-order chi connectivity index (χ1) is 14.1. The number of aromatic nitrogens is 1. The summed E-state index contributed by atoms with van der Waals surface area (Å²) in [5.41, 5.74) is 2.49. The molecule has 0 radical (unpaired) electrons. The van der Waals surface area contributed by atoms with Crippen molar-refractivity contribution in [1.82, 2.24) is 4.98 Å². The highest BCUT2D eigenvalue weighted by Crippen LogP contribution is 2.29. The quantitative estimate of drug-likeness (QED) is 0.487. The molecule has 3 aromatic rings. The van der Waals surface area contributed by atoms with E-state index >= 15 is 0 Å². The van der Waals surface area contributed by atoms with Crippen molar-refractivity contribution in [3.63, 3.8) is 0 Å². The number of Topliss-reactive ketones (excluding diaryl/α,β-unsaturated/α-hetero) is 1. The second-order valence-electron chi connectivity index (χ2n) is 6.56. The number of ketones is 1. The summed E-state index contributed by atoms with van der Waals surface area (Å²) in [6.45, 7) is 5.00. The van der Waals surface area contributed by atoms with Gasteiger partial charge in [-0.15, -0.1) is 0 Å². The monoisotopic (exact) mass is 444 g/mol. The first kappa shape index (κ1) is 21.5. The van der Waals surface area contributed by atoms with Crippen molar-refractivity contribution in [2.45, 2.75) is 25.7 Å². The van der Waals surface area contributed by atoms with Crippen molar-refractivity contribution in [3.8, 4) is 0 Å². The molecule has 1 heterocycles. The smallest absolute Gasteiger partial charge is 0.308 e. The molecule has 0 aliphatic heterocycles. The number of carbonyl (C=O) groups excluding carboxylic acids is 2. The zero-order valence-corrected chi connectivity index (χ0v) is 18.1. The van der Waals surface area contributed by atoms with E-state index in [2.05, 4.69) is 20.3 Å². The van der Waals surface area contributed by atoms with Gasteiger partial charge < -0.3 is 5.32 Å². The Labute approximate surface area is 178 Å². The molecule has 1 aromatic heterocycles. The van der Waals surface area contributed by atoms with Crippen LogP contribution in [0.2, 0.25) is 0 Å². The average Bonchev–Trinajstić information content (AvgIpc) is 3.00. The third-order valence-corrected chi connectivity index (χ3v) is 6.60. The molecule has 0 bridgehead atoms. The maximum Gasteiger partial charge on any atom is 0.324 e. The van der Waals surface area contributed by atoms with Crippen LogP contribution in [0.1, 0.15) is 28.5 Å². The van der Waals surface area contributed by atoms with Crippen LogP contribution in [0.4, 0.5) is 20.6 Å². The number of aryl methyl sites for hydroxylation is 2. The minimum Gasteiger partial charge on any atom is -0.308 e. The molecular weight excluding hydrogens is 424 g/mol. The summed E-state index contributed by atoms with van der Waals surface area (Å²) in [6.07, 6.45) is 0. The summed E-state index contributed by atoms with van der Waals surface area (Å²) in [6, 6.07) is 12.4. The van der Waals surface area contributed by atoms with Crippen molar-refractivity contribution in [2.24, 2.45) is 0 Å². The number of thiazole rings is 1. The lowest BCUT2D eigenvalue weighted by molar-refractivity contribution is 0.101. The van der Waals surface area contributed by atoms with Crippen LogP contribution in [-0.2, 0) is 10.0 Å². The van der Waals surface area contributed by atoms with Crippen molar-refractivity contribution in [1.29, 1.82) is 0 Å². The Kier molecular flexibility index (Phi) is 6.18. The summed E-state index contributed by atoms with van der Waals surface area (Å²) < 4.78 is 27.4. The third kappa shape index (κ3) is 5.22. The number of nitrogens with zero attached hydrogens (tertiary/aromatic N) is 1. The zero-order valence-electron chi connectivity index (χ0n) is 16.5. The van der Waals surface area contributed by atoms with Gasteiger partial charge in [-0.25, -0.2) is 18.2 Å². The van der Waals surface area contributed by atoms with Crippen LogP contribution in [-0.4, -0.2) is 25.2 Å². The lowest BCUT2D eigenvalue weighted by Crippen LogP contribution is -2.19. The second-order valence-corrected chi connectivity index (χ2v) is 9.25. The first-order valence-corrected chi connectivity index (χ1v) is 11.2. The molecule has 0 saturated heterocycles. The molecule has 2 amide bonds. The van der Waals surface area contributed by atoms with Crippen LogP contribution in [0, 0.1) is 13.8 Å². The van der Waals surface area contributed by atoms with Crippen molar-refractivity contribution >= 4 is 49.0 Å². The standard InChI is InChI=1S/C20H20N4O4S2/c1-12-4-10-17(11-5-12)30(27,28)24-20-21-13(2)18(29-20)23-19(26)22-16-8-6-15(7-9-16)14(3)25/h4-11H,1-3H3,(H,21,24)(H2,22,23,26). The number of urea groups is 1. The van der Waals surface area contributed by atoms with Gasteiger partial charge in [0, 0.05) is 11.3 Å². The molecular formula is C20H20N4O4S2. The number of anilines is 3. The molecule has 2 aromatic carbocycles. The van der Waals surface area contributed by atoms with E-state index in [0.29, 0.717) is 21.9 Å². The number of hydrogen-bond acceptors (Lipinski definition) is 6. The fraction of sp³-hybridized carbons (Fsp3) is 0.150. The van der Waals surface area contributed by atoms with E-state index in [0.717, 1.165) is 16.9 Å².